The Hall–Kier alpha value is -3.37. The smallest absolute Gasteiger partial charge is 0.264 e. The molecular formula is C32H40BrN3O5S. The number of nitrogens with one attached hydrogen (secondary N) is 1. The lowest BCUT2D eigenvalue weighted by atomic mass is 10.1. The van der Waals surface area contributed by atoms with E-state index in [2.05, 4.69) is 21.2 Å². The van der Waals surface area contributed by atoms with E-state index in [4.69, 9.17) is 4.74 Å². The van der Waals surface area contributed by atoms with E-state index in [9.17, 15) is 18.0 Å². The Kier molecular flexibility index (Phi) is 11.2. The lowest BCUT2D eigenvalue weighted by Crippen LogP contribution is -2.55. The van der Waals surface area contributed by atoms with Crippen LogP contribution in [0.25, 0.3) is 0 Å². The van der Waals surface area contributed by atoms with Crippen molar-refractivity contribution in [2.24, 2.45) is 0 Å². The quantitative estimate of drug-likeness (QED) is 0.255. The molecule has 0 radical (unpaired) electrons. The summed E-state index contributed by atoms with van der Waals surface area (Å²) in [6.07, 6.45) is 0.349. The monoisotopic (exact) mass is 657 g/mol. The Bertz CT molecular complexity index is 1450. The molecule has 42 heavy (non-hydrogen) atoms. The van der Waals surface area contributed by atoms with Gasteiger partial charge in [-0.3, -0.25) is 13.9 Å². The molecule has 3 aromatic carbocycles. The van der Waals surface area contributed by atoms with E-state index in [1.54, 1.807) is 36.4 Å². The largest absolute Gasteiger partial charge is 0.494 e. The average molecular weight is 659 g/mol. The third kappa shape index (κ3) is 8.82. The number of rotatable bonds is 12. The molecule has 0 saturated heterocycles. The topological polar surface area (TPSA) is 96.0 Å². The summed E-state index contributed by atoms with van der Waals surface area (Å²) in [5, 5.41) is 2.98. The molecule has 0 aliphatic carbocycles. The molecule has 0 aliphatic rings. The Morgan fingerprint density at radius 2 is 1.52 bits per heavy atom. The summed E-state index contributed by atoms with van der Waals surface area (Å²) in [4.78, 5) is 29.1. The van der Waals surface area contributed by atoms with Crippen LogP contribution in [0.15, 0.2) is 82.2 Å². The number of sulfonamides is 1. The zero-order valence-electron chi connectivity index (χ0n) is 25.1. The maximum atomic E-state index is 14.2. The number of halogens is 1. The van der Waals surface area contributed by atoms with Crippen molar-refractivity contribution in [1.82, 2.24) is 10.2 Å². The molecule has 0 heterocycles. The van der Waals surface area contributed by atoms with Gasteiger partial charge in [-0.05, 0) is 95.1 Å². The summed E-state index contributed by atoms with van der Waals surface area (Å²) in [6, 6.07) is 19.7. The van der Waals surface area contributed by atoms with E-state index < -0.39 is 34.1 Å². The molecule has 0 unspecified atom stereocenters. The third-order valence-corrected chi connectivity index (χ3v) is 8.79. The van der Waals surface area contributed by atoms with E-state index >= 15 is 0 Å². The fraction of sp³-hybridized carbons (Fsp3) is 0.375. The van der Waals surface area contributed by atoms with Gasteiger partial charge in [-0.1, -0.05) is 52.7 Å². The van der Waals surface area contributed by atoms with Crippen molar-refractivity contribution in [1.29, 1.82) is 0 Å². The molecule has 0 fully saturated rings. The first kappa shape index (κ1) is 33.1. The second-order valence-corrected chi connectivity index (χ2v) is 13.8. The van der Waals surface area contributed by atoms with Crippen LogP contribution in [0, 0.1) is 6.92 Å². The number of aryl methyl sites for hydroxylation is 1. The standard InChI is InChI=1S/C32H40BrN3O5S/c1-7-29(31(38)34-32(4,5)6)35(21-24-11-9-23(3)10-12-24)30(37)22-36(26-15-17-27(18-16-26)41-8-2)42(39,40)28-19-13-25(33)14-20-28/h9-20,29H,7-8,21-22H2,1-6H3,(H,34,38)/t29-/m0/s1. The van der Waals surface area contributed by atoms with Gasteiger partial charge in [0.2, 0.25) is 11.8 Å². The minimum absolute atomic E-state index is 0.0370. The summed E-state index contributed by atoms with van der Waals surface area (Å²) in [7, 11) is -4.16. The van der Waals surface area contributed by atoms with E-state index in [-0.39, 0.29) is 17.3 Å². The van der Waals surface area contributed by atoms with Crippen molar-refractivity contribution < 1.29 is 22.7 Å². The van der Waals surface area contributed by atoms with Gasteiger partial charge in [-0.2, -0.15) is 0 Å². The summed E-state index contributed by atoms with van der Waals surface area (Å²) >= 11 is 3.35. The van der Waals surface area contributed by atoms with Crippen LogP contribution in [0.3, 0.4) is 0 Å². The van der Waals surface area contributed by atoms with Crippen molar-refractivity contribution in [2.75, 3.05) is 17.5 Å². The number of amides is 2. The summed E-state index contributed by atoms with van der Waals surface area (Å²) < 4.78 is 35.4. The van der Waals surface area contributed by atoms with Gasteiger partial charge in [0, 0.05) is 16.6 Å². The first-order valence-corrected chi connectivity index (χ1v) is 16.2. The Morgan fingerprint density at radius 3 is 2.05 bits per heavy atom. The van der Waals surface area contributed by atoms with Crippen molar-refractivity contribution in [3.63, 3.8) is 0 Å². The summed E-state index contributed by atoms with van der Waals surface area (Å²) in [6.45, 7) is 11.4. The minimum Gasteiger partial charge on any atom is -0.494 e. The van der Waals surface area contributed by atoms with Crippen molar-refractivity contribution >= 4 is 43.5 Å². The van der Waals surface area contributed by atoms with Crippen LogP contribution in [0.5, 0.6) is 5.75 Å². The van der Waals surface area contributed by atoms with Gasteiger partial charge in [-0.15, -0.1) is 0 Å². The van der Waals surface area contributed by atoms with E-state index in [0.717, 1.165) is 19.9 Å². The fourth-order valence-corrected chi connectivity index (χ4v) is 6.08. The molecule has 226 valence electrons. The predicted octanol–water partition coefficient (Wildman–Crippen LogP) is 6.07. The minimum atomic E-state index is -4.16. The van der Waals surface area contributed by atoms with Gasteiger partial charge in [0.25, 0.3) is 10.0 Å². The number of benzene rings is 3. The highest BCUT2D eigenvalue weighted by molar-refractivity contribution is 9.10. The number of anilines is 1. The van der Waals surface area contributed by atoms with E-state index in [1.807, 2.05) is 65.8 Å². The fourth-order valence-electron chi connectivity index (χ4n) is 4.40. The Labute approximate surface area is 258 Å². The lowest BCUT2D eigenvalue weighted by molar-refractivity contribution is -0.141. The second kappa shape index (κ2) is 14.2. The zero-order chi connectivity index (χ0) is 31.1. The van der Waals surface area contributed by atoms with Crippen LogP contribution in [-0.2, 0) is 26.2 Å². The van der Waals surface area contributed by atoms with Gasteiger partial charge in [0.15, 0.2) is 0 Å². The highest BCUT2D eigenvalue weighted by Crippen LogP contribution is 2.28. The number of nitrogens with zero attached hydrogens (tertiary/aromatic N) is 2. The first-order valence-electron chi connectivity index (χ1n) is 13.9. The molecule has 0 aliphatic heterocycles. The maximum Gasteiger partial charge on any atom is 0.264 e. The van der Waals surface area contributed by atoms with E-state index in [0.29, 0.717) is 24.5 Å². The zero-order valence-corrected chi connectivity index (χ0v) is 27.5. The van der Waals surface area contributed by atoms with E-state index in [1.165, 1.54) is 17.0 Å². The molecule has 2 amide bonds. The van der Waals surface area contributed by atoms with Crippen molar-refractivity contribution in [3.05, 3.63) is 88.4 Å². The lowest BCUT2D eigenvalue weighted by Gasteiger charge is -2.34. The van der Waals surface area contributed by atoms with Crippen LogP contribution in [-0.4, -0.2) is 49.9 Å². The number of hydrogen-bond donors (Lipinski definition) is 1. The van der Waals surface area contributed by atoms with Gasteiger partial charge in [0.05, 0.1) is 17.2 Å². The van der Waals surface area contributed by atoms with Gasteiger partial charge in [0.1, 0.15) is 18.3 Å². The van der Waals surface area contributed by atoms with Crippen LogP contribution in [0.1, 0.15) is 52.2 Å². The van der Waals surface area contributed by atoms with Gasteiger partial charge >= 0.3 is 0 Å². The van der Waals surface area contributed by atoms with Crippen LogP contribution in [0.2, 0.25) is 0 Å². The molecule has 3 rings (SSSR count). The molecule has 0 spiro atoms. The number of carbonyl (C=O) groups excluding carboxylic acids is 2. The molecule has 0 aromatic heterocycles. The maximum absolute atomic E-state index is 14.2. The highest BCUT2D eigenvalue weighted by Gasteiger charge is 2.34. The van der Waals surface area contributed by atoms with Crippen LogP contribution in [0.4, 0.5) is 5.69 Å². The summed E-state index contributed by atoms with van der Waals surface area (Å²) in [5.41, 5.74) is 1.69. The summed E-state index contributed by atoms with van der Waals surface area (Å²) in [5.74, 6) is -0.214. The molecule has 10 heteroatoms. The molecule has 1 N–H and O–H groups in total. The SMILES string of the molecule is CCOc1ccc(N(CC(=O)N(Cc2ccc(C)cc2)[C@@H](CC)C(=O)NC(C)(C)C)S(=O)(=O)c2ccc(Br)cc2)cc1. The second-order valence-electron chi connectivity index (χ2n) is 11.1. The average Bonchev–Trinajstić information content (AvgIpc) is 2.92. The molecule has 1 atom stereocenters. The van der Waals surface area contributed by atoms with Crippen LogP contribution < -0.4 is 14.4 Å². The molecular weight excluding hydrogens is 618 g/mol. The highest BCUT2D eigenvalue weighted by atomic mass is 79.9. The Morgan fingerprint density at radius 1 is 0.929 bits per heavy atom. The molecule has 0 saturated carbocycles. The number of ether oxygens (including phenoxy) is 1. The number of carbonyl (C=O) groups is 2. The normalized spacial score (nSPS) is 12.4. The Balaban J connectivity index is 2.07. The van der Waals surface area contributed by atoms with Gasteiger partial charge < -0.3 is 15.0 Å². The third-order valence-electron chi connectivity index (χ3n) is 6.47. The van der Waals surface area contributed by atoms with Crippen molar-refractivity contribution in [3.8, 4) is 5.75 Å². The van der Waals surface area contributed by atoms with Gasteiger partial charge in [-0.25, -0.2) is 8.42 Å². The molecule has 8 nitrogen and oxygen atoms in total. The molecule has 0 bridgehead atoms. The predicted molar refractivity (Wildman–Crippen MR) is 170 cm³/mol. The first-order chi connectivity index (χ1) is 19.7. The number of hydrogen-bond acceptors (Lipinski definition) is 5. The van der Waals surface area contributed by atoms with Crippen molar-refractivity contribution in [2.45, 2.75) is 71.0 Å². The van der Waals surface area contributed by atoms with Crippen LogP contribution >= 0.6 is 15.9 Å². The molecule has 3 aromatic rings.